The smallest absolute Gasteiger partial charge is 0.319 e. The highest BCUT2D eigenvalue weighted by Crippen LogP contribution is 2.08. The average Bonchev–Trinajstić information content (AvgIpc) is 2.41. The maximum Gasteiger partial charge on any atom is 0.319 e. The molecule has 0 saturated heterocycles. The highest BCUT2D eigenvalue weighted by molar-refractivity contribution is 5.89. The zero-order valence-electron chi connectivity index (χ0n) is 10.7. The van der Waals surface area contributed by atoms with Gasteiger partial charge in [0.2, 0.25) is 0 Å². The van der Waals surface area contributed by atoms with Crippen molar-refractivity contribution < 1.29 is 13.6 Å². The van der Waals surface area contributed by atoms with Gasteiger partial charge in [-0.25, -0.2) is 13.6 Å². The van der Waals surface area contributed by atoms with Crippen molar-refractivity contribution in [1.29, 1.82) is 0 Å². The van der Waals surface area contributed by atoms with Gasteiger partial charge < -0.3 is 10.6 Å². The average molecular weight is 276 g/mol. The number of hydrogen-bond donors (Lipinski definition) is 2. The third-order valence-electron chi connectivity index (χ3n) is 2.69. The molecule has 0 radical (unpaired) electrons. The van der Waals surface area contributed by atoms with E-state index < -0.39 is 11.8 Å². The summed E-state index contributed by atoms with van der Waals surface area (Å²) in [6, 6.07) is 11.3. The molecule has 0 aliphatic rings. The number of carbonyl (C=O) groups is 1. The summed E-state index contributed by atoms with van der Waals surface area (Å²) in [6.07, 6.45) is 0.594. The van der Waals surface area contributed by atoms with E-state index in [9.17, 15) is 13.6 Å². The van der Waals surface area contributed by atoms with Crippen molar-refractivity contribution in [1.82, 2.24) is 5.32 Å². The summed E-state index contributed by atoms with van der Waals surface area (Å²) < 4.78 is 25.6. The van der Waals surface area contributed by atoms with Crippen LogP contribution in [0.1, 0.15) is 5.56 Å². The van der Waals surface area contributed by atoms with Crippen molar-refractivity contribution in [2.45, 2.75) is 6.42 Å². The van der Waals surface area contributed by atoms with E-state index >= 15 is 0 Å². The quantitative estimate of drug-likeness (QED) is 0.883. The van der Waals surface area contributed by atoms with Gasteiger partial charge in [-0.05, 0) is 42.3 Å². The van der Waals surface area contributed by atoms with Crippen molar-refractivity contribution >= 4 is 11.7 Å². The van der Waals surface area contributed by atoms with Gasteiger partial charge in [-0.15, -0.1) is 0 Å². The molecule has 0 bridgehead atoms. The second-order valence-corrected chi connectivity index (χ2v) is 4.27. The number of anilines is 1. The number of benzene rings is 2. The molecule has 5 heteroatoms. The van der Waals surface area contributed by atoms with Gasteiger partial charge in [-0.2, -0.15) is 0 Å². The summed E-state index contributed by atoms with van der Waals surface area (Å²) in [5, 5.41) is 5.18. The first-order chi connectivity index (χ1) is 9.63. The number of urea groups is 1. The lowest BCUT2D eigenvalue weighted by Crippen LogP contribution is -2.30. The van der Waals surface area contributed by atoms with Gasteiger partial charge in [-0.3, -0.25) is 0 Å². The summed E-state index contributed by atoms with van der Waals surface area (Å²) in [5.41, 5.74) is 1.32. The molecule has 0 unspecified atom stereocenters. The largest absolute Gasteiger partial charge is 0.338 e. The maximum atomic E-state index is 12.9. The lowest BCUT2D eigenvalue weighted by Gasteiger charge is -2.07. The number of amides is 2. The molecule has 0 fully saturated rings. The van der Waals surface area contributed by atoms with Crippen molar-refractivity contribution in [2.75, 3.05) is 11.9 Å². The fraction of sp³-hybridized carbons (Fsp3) is 0.133. The monoisotopic (exact) mass is 276 g/mol. The van der Waals surface area contributed by atoms with E-state index in [0.29, 0.717) is 18.7 Å². The third kappa shape index (κ3) is 4.35. The normalized spacial score (nSPS) is 10.1. The molecule has 2 rings (SSSR count). The van der Waals surface area contributed by atoms with Gasteiger partial charge in [0.05, 0.1) is 0 Å². The van der Waals surface area contributed by atoms with Crippen molar-refractivity contribution in [3.05, 3.63) is 65.7 Å². The zero-order valence-corrected chi connectivity index (χ0v) is 10.7. The molecule has 2 amide bonds. The van der Waals surface area contributed by atoms with Crippen LogP contribution in [0.3, 0.4) is 0 Å². The summed E-state index contributed by atoms with van der Waals surface area (Å²) >= 11 is 0. The van der Waals surface area contributed by atoms with Crippen LogP contribution in [0.5, 0.6) is 0 Å². The van der Waals surface area contributed by atoms with Crippen LogP contribution >= 0.6 is 0 Å². The van der Waals surface area contributed by atoms with E-state index in [0.717, 1.165) is 5.56 Å². The minimum absolute atomic E-state index is 0.287. The third-order valence-corrected chi connectivity index (χ3v) is 2.69. The van der Waals surface area contributed by atoms with Gasteiger partial charge in [0.25, 0.3) is 0 Å². The van der Waals surface area contributed by atoms with E-state index in [1.54, 1.807) is 18.2 Å². The minimum atomic E-state index is -0.408. The van der Waals surface area contributed by atoms with E-state index in [-0.39, 0.29) is 5.82 Å². The van der Waals surface area contributed by atoms with Gasteiger partial charge in [0, 0.05) is 12.2 Å². The predicted molar refractivity (Wildman–Crippen MR) is 73.5 cm³/mol. The van der Waals surface area contributed by atoms with E-state index in [4.69, 9.17) is 0 Å². The molecule has 0 aliphatic heterocycles. The fourth-order valence-electron chi connectivity index (χ4n) is 1.71. The van der Waals surface area contributed by atoms with Gasteiger partial charge in [0.15, 0.2) is 0 Å². The molecule has 3 nitrogen and oxygen atoms in total. The molecular weight excluding hydrogens is 262 g/mol. The maximum absolute atomic E-state index is 12.9. The van der Waals surface area contributed by atoms with Crippen LogP contribution < -0.4 is 10.6 Å². The number of halogens is 2. The van der Waals surface area contributed by atoms with E-state index in [2.05, 4.69) is 10.6 Å². The molecule has 0 heterocycles. The second-order valence-electron chi connectivity index (χ2n) is 4.27. The molecule has 0 atom stereocenters. The first-order valence-corrected chi connectivity index (χ1v) is 6.18. The molecule has 2 N–H and O–H groups in total. The Balaban J connectivity index is 1.76. The van der Waals surface area contributed by atoms with E-state index in [1.807, 2.05) is 0 Å². The first kappa shape index (κ1) is 14.0. The Hall–Kier alpha value is -2.43. The van der Waals surface area contributed by atoms with Gasteiger partial charge >= 0.3 is 6.03 Å². The topological polar surface area (TPSA) is 41.1 Å². The van der Waals surface area contributed by atoms with Crippen LogP contribution in [0.25, 0.3) is 0 Å². The Bertz CT molecular complexity index is 585. The van der Waals surface area contributed by atoms with E-state index in [1.165, 1.54) is 30.3 Å². The lowest BCUT2D eigenvalue weighted by atomic mass is 10.1. The Morgan fingerprint density at radius 3 is 2.45 bits per heavy atom. The van der Waals surface area contributed by atoms with Crippen LogP contribution in [-0.2, 0) is 6.42 Å². The van der Waals surface area contributed by atoms with Crippen LogP contribution in [0, 0.1) is 11.6 Å². The first-order valence-electron chi connectivity index (χ1n) is 6.18. The predicted octanol–water partition coefficient (Wildman–Crippen LogP) is 3.33. The summed E-state index contributed by atoms with van der Waals surface area (Å²) in [6.45, 7) is 0.410. The highest BCUT2D eigenvalue weighted by Gasteiger charge is 2.02. The van der Waals surface area contributed by atoms with Crippen LogP contribution in [0.15, 0.2) is 48.5 Å². The van der Waals surface area contributed by atoms with Crippen molar-refractivity contribution in [3.63, 3.8) is 0 Å². The molecule has 0 aliphatic carbocycles. The fourth-order valence-corrected chi connectivity index (χ4v) is 1.71. The van der Waals surface area contributed by atoms with Gasteiger partial charge in [-0.1, -0.05) is 18.2 Å². The molecule has 0 aromatic heterocycles. The van der Waals surface area contributed by atoms with Gasteiger partial charge in [0.1, 0.15) is 11.6 Å². The number of carbonyl (C=O) groups excluding carboxylic acids is 1. The zero-order chi connectivity index (χ0) is 14.4. The number of rotatable bonds is 4. The molecular formula is C15H14F2N2O. The summed E-state index contributed by atoms with van der Waals surface area (Å²) in [5.74, 6) is -0.695. The minimum Gasteiger partial charge on any atom is -0.338 e. The number of nitrogens with one attached hydrogen (secondary N) is 2. The number of hydrogen-bond acceptors (Lipinski definition) is 1. The standard InChI is InChI=1S/C15H14F2N2O/c16-12-6-4-11(5-7-12)8-9-18-15(20)19-14-3-1-2-13(17)10-14/h1-7,10H,8-9H2,(H2,18,19,20). The lowest BCUT2D eigenvalue weighted by molar-refractivity contribution is 0.252. The molecule has 104 valence electrons. The Kier molecular flexibility index (Phi) is 4.65. The molecule has 0 saturated carbocycles. The summed E-state index contributed by atoms with van der Waals surface area (Å²) in [4.78, 5) is 11.6. The Labute approximate surface area is 115 Å². The molecule has 0 spiro atoms. The molecule has 2 aromatic carbocycles. The highest BCUT2D eigenvalue weighted by atomic mass is 19.1. The Morgan fingerprint density at radius 1 is 1.00 bits per heavy atom. The van der Waals surface area contributed by atoms with Crippen LogP contribution in [-0.4, -0.2) is 12.6 Å². The van der Waals surface area contributed by atoms with Crippen molar-refractivity contribution in [3.8, 4) is 0 Å². The van der Waals surface area contributed by atoms with Crippen molar-refractivity contribution in [2.24, 2.45) is 0 Å². The van der Waals surface area contributed by atoms with Crippen LogP contribution in [0.2, 0.25) is 0 Å². The second kappa shape index (κ2) is 6.65. The SMILES string of the molecule is O=C(NCCc1ccc(F)cc1)Nc1cccc(F)c1. The summed E-state index contributed by atoms with van der Waals surface area (Å²) in [7, 11) is 0. The molecule has 20 heavy (non-hydrogen) atoms. The van der Waals surface area contributed by atoms with Crippen LogP contribution in [0.4, 0.5) is 19.3 Å². The molecule has 2 aromatic rings. The Morgan fingerprint density at radius 2 is 1.75 bits per heavy atom.